The third-order valence-corrected chi connectivity index (χ3v) is 9.73. The van der Waals surface area contributed by atoms with Crippen molar-refractivity contribution >= 4 is 5.69 Å². The van der Waals surface area contributed by atoms with Crippen LogP contribution >= 0.6 is 0 Å². The molecule has 0 radical (unpaired) electrons. The lowest BCUT2D eigenvalue weighted by Crippen LogP contribution is -2.83. The zero-order chi connectivity index (χ0) is 18.7. The van der Waals surface area contributed by atoms with Crippen molar-refractivity contribution in [2.45, 2.75) is 75.4 Å². The van der Waals surface area contributed by atoms with Gasteiger partial charge >= 0.3 is 0 Å². The third-order valence-electron chi connectivity index (χ3n) is 9.73. The van der Waals surface area contributed by atoms with Crippen LogP contribution in [0.15, 0.2) is 24.3 Å². The van der Waals surface area contributed by atoms with Gasteiger partial charge in [-0.25, -0.2) is 0 Å². The number of para-hydroxylation sites is 1. The van der Waals surface area contributed by atoms with Crippen molar-refractivity contribution in [2.75, 3.05) is 18.5 Å². The number of hydrogen-bond acceptors (Lipinski definition) is 3. The van der Waals surface area contributed by atoms with E-state index in [1.54, 1.807) is 0 Å². The molecule has 3 unspecified atom stereocenters. The highest BCUT2D eigenvalue weighted by Gasteiger charge is 2.82. The summed E-state index contributed by atoms with van der Waals surface area (Å²) in [4.78, 5) is 2.48. The van der Waals surface area contributed by atoms with Gasteiger partial charge in [0.05, 0.1) is 30.1 Å². The normalized spacial score (nSPS) is 53.7. The first kappa shape index (κ1) is 16.8. The molecule has 10 atom stereocenters. The molecule has 5 fully saturated rings. The first-order chi connectivity index (χ1) is 13.0. The van der Waals surface area contributed by atoms with Gasteiger partial charge in [-0.3, -0.25) is 4.48 Å². The van der Waals surface area contributed by atoms with Crippen molar-refractivity contribution in [3.8, 4) is 0 Å². The predicted molar refractivity (Wildman–Crippen MR) is 105 cm³/mol. The van der Waals surface area contributed by atoms with Gasteiger partial charge in [-0.2, -0.15) is 0 Å². The van der Waals surface area contributed by atoms with E-state index in [0.29, 0.717) is 35.9 Å². The van der Waals surface area contributed by atoms with Crippen LogP contribution in [0.4, 0.5) is 5.69 Å². The lowest BCUT2D eigenvalue weighted by Gasteiger charge is -2.68. The molecule has 4 nitrogen and oxygen atoms in total. The van der Waals surface area contributed by atoms with E-state index in [4.69, 9.17) is 0 Å². The maximum absolute atomic E-state index is 11.9. The van der Waals surface area contributed by atoms with Crippen molar-refractivity contribution < 1.29 is 14.7 Å². The number of aliphatic hydroxyl groups is 2. The van der Waals surface area contributed by atoms with E-state index in [1.807, 2.05) is 0 Å². The minimum atomic E-state index is -0.271. The van der Waals surface area contributed by atoms with Crippen molar-refractivity contribution in [1.29, 1.82) is 0 Å². The van der Waals surface area contributed by atoms with Crippen LogP contribution in [-0.2, 0) is 5.41 Å². The summed E-state index contributed by atoms with van der Waals surface area (Å²) in [5.41, 5.74) is 2.56. The summed E-state index contributed by atoms with van der Waals surface area (Å²) >= 11 is 0. The summed E-state index contributed by atoms with van der Waals surface area (Å²) in [7, 11) is 2.23. The van der Waals surface area contributed by atoms with Crippen LogP contribution in [0.3, 0.4) is 0 Å². The van der Waals surface area contributed by atoms with Gasteiger partial charge in [0.25, 0.3) is 0 Å². The molecule has 27 heavy (non-hydrogen) atoms. The topological polar surface area (TPSA) is 43.7 Å². The molecule has 0 aromatic heterocycles. The fourth-order valence-corrected chi connectivity index (χ4v) is 9.23. The number of nitrogens with zero attached hydrogens (tertiary/aromatic N) is 2. The summed E-state index contributed by atoms with van der Waals surface area (Å²) < 4.78 is 0.873. The minimum Gasteiger partial charge on any atom is -0.392 e. The Morgan fingerprint density at radius 3 is 2.70 bits per heavy atom. The van der Waals surface area contributed by atoms with Crippen molar-refractivity contribution in [2.24, 2.45) is 17.8 Å². The summed E-state index contributed by atoms with van der Waals surface area (Å²) in [5.74, 6) is 1.18. The summed E-state index contributed by atoms with van der Waals surface area (Å²) in [6, 6.07) is 9.97. The number of fused-ring (bicyclic) bond motifs is 2. The monoisotopic (exact) mass is 369 g/mol. The van der Waals surface area contributed by atoms with Crippen LogP contribution in [0.1, 0.15) is 45.1 Å². The fourth-order valence-electron chi connectivity index (χ4n) is 9.23. The van der Waals surface area contributed by atoms with E-state index in [9.17, 15) is 10.2 Å². The number of likely N-dealkylation sites (N-methyl/N-ethyl adjacent to an activating group) is 1. The molecule has 1 aromatic carbocycles. The maximum Gasteiger partial charge on any atom is 0.194 e. The Hall–Kier alpha value is -1.10. The molecule has 5 bridgehead atoms. The van der Waals surface area contributed by atoms with Crippen LogP contribution in [0.2, 0.25) is 0 Å². The summed E-state index contributed by atoms with van der Waals surface area (Å²) in [6.07, 6.45) is 3.84. The Balaban J connectivity index is 1.62. The Morgan fingerprint density at radius 1 is 1.19 bits per heavy atom. The molecule has 2 N–H and O–H groups in total. The average molecular weight is 370 g/mol. The largest absolute Gasteiger partial charge is 0.392 e. The molecule has 1 aliphatic carbocycles. The zero-order valence-corrected chi connectivity index (χ0v) is 16.8. The SMILES string of the molecule is CCC[N+]12[C@@H]3C[C@]45c6ccccc6N(C)[C@H]4[C@H]1C[C@H](C3C5O)[C@H](CC)[C@H]2O. The van der Waals surface area contributed by atoms with Gasteiger partial charge in [-0.15, -0.1) is 0 Å². The quantitative estimate of drug-likeness (QED) is 0.805. The number of anilines is 1. The molecular weight excluding hydrogens is 336 g/mol. The second-order valence-electron chi connectivity index (χ2n) is 10.1. The van der Waals surface area contributed by atoms with Crippen LogP contribution in [-0.4, -0.2) is 58.7 Å². The molecule has 6 aliphatic rings. The highest BCUT2D eigenvalue weighted by Crippen LogP contribution is 2.71. The minimum absolute atomic E-state index is 0.127. The third kappa shape index (κ3) is 1.51. The van der Waals surface area contributed by atoms with Crippen LogP contribution in [0, 0.1) is 17.8 Å². The van der Waals surface area contributed by atoms with E-state index < -0.39 is 0 Å². The van der Waals surface area contributed by atoms with Crippen LogP contribution in [0.5, 0.6) is 0 Å². The van der Waals surface area contributed by atoms with E-state index in [1.165, 1.54) is 17.7 Å². The van der Waals surface area contributed by atoms with Gasteiger partial charge in [0.2, 0.25) is 0 Å². The molecule has 1 aromatic rings. The fraction of sp³-hybridized carbons (Fsp3) is 0.739. The number of aliphatic hydroxyl groups excluding tert-OH is 2. The average Bonchev–Trinajstić information content (AvgIpc) is 3.06. The van der Waals surface area contributed by atoms with Gasteiger partial charge in [0, 0.05) is 37.4 Å². The molecule has 1 spiro atoms. The van der Waals surface area contributed by atoms with Crippen molar-refractivity contribution in [3.05, 3.63) is 29.8 Å². The summed E-state index contributed by atoms with van der Waals surface area (Å²) in [6.45, 7) is 5.56. The van der Waals surface area contributed by atoms with Gasteiger partial charge in [0.15, 0.2) is 6.23 Å². The Labute approximate surface area is 162 Å². The lowest BCUT2D eigenvalue weighted by atomic mass is 9.60. The number of hydrogen-bond donors (Lipinski definition) is 2. The van der Waals surface area contributed by atoms with Gasteiger partial charge in [-0.05, 0) is 30.4 Å². The van der Waals surface area contributed by atoms with E-state index >= 15 is 0 Å². The van der Waals surface area contributed by atoms with E-state index in [0.717, 1.165) is 30.3 Å². The maximum atomic E-state index is 11.9. The van der Waals surface area contributed by atoms with Gasteiger partial charge < -0.3 is 15.1 Å². The van der Waals surface area contributed by atoms with E-state index in [2.05, 4.69) is 50.1 Å². The number of piperidine rings is 4. The molecule has 5 aliphatic heterocycles. The van der Waals surface area contributed by atoms with E-state index in [-0.39, 0.29) is 17.7 Å². The highest BCUT2D eigenvalue weighted by molar-refractivity contribution is 5.66. The molecule has 0 amide bonds. The summed E-state index contributed by atoms with van der Waals surface area (Å²) in [5, 5.41) is 23.6. The number of benzene rings is 1. The Kier molecular flexibility index (Phi) is 3.17. The van der Waals surface area contributed by atoms with Gasteiger partial charge in [0.1, 0.15) is 6.04 Å². The molecule has 4 saturated heterocycles. The van der Waals surface area contributed by atoms with Crippen molar-refractivity contribution in [3.63, 3.8) is 0 Å². The molecule has 7 rings (SSSR count). The van der Waals surface area contributed by atoms with Crippen molar-refractivity contribution in [1.82, 2.24) is 0 Å². The molecule has 4 heteroatoms. The predicted octanol–water partition coefficient (Wildman–Crippen LogP) is 2.48. The zero-order valence-electron chi connectivity index (χ0n) is 16.8. The Morgan fingerprint density at radius 2 is 1.96 bits per heavy atom. The molecule has 146 valence electrons. The lowest BCUT2D eigenvalue weighted by molar-refractivity contribution is -1.04. The molecule has 1 saturated carbocycles. The first-order valence-electron chi connectivity index (χ1n) is 11.1. The molecule has 5 heterocycles. The first-order valence-corrected chi connectivity index (χ1v) is 11.1. The second kappa shape index (κ2) is 5.08. The number of quaternary nitrogens is 1. The van der Waals surface area contributed by atoms with Gasteiger partial charge in [-0.1, -0.05) is 32.0 Å². The second-order valence-corrected chi connectivity index (χ2v) is 10.1. The molecular formula is C23H33N2O2+. The van der Waals surface area contributed by atoms with Crippen LogP contribution < -0.4 is 4.90 Å². The van der Waals surface area contributed by atoms with Crippen LogP contribution in [0.25, 0.3) is 0 Å². The standard InChI is InChI=1S/C23H33N2O2/c1-4-10-25-17-11-14(13(5-2)22(25)27)19-18(25)12-23(21(19)26)15-8-6-7-9-16(15)24(3)20(17)23/h6-9,13-14,17-22,26-27H,4-5,10-12H2,1-3H3/q+1/t13-,14-,17+,18+,19?,20-,21?,22+,23-,25?/m0/s1. The smallest absolute Gasteiger partial charge is 0.194 e. The highest BCUT2D eigenvalue weighted by atomic mass is 16.3. The number of rotatable bonds is 3. The Bertz CT molecular complexity index is 798.